The molecule has 4 nitrogen and oxygen atoms in total. The summed E-state index contributed by atoms with van der Waals surface area (Å²) in [5.74, 6) is -0.0462. The number of rotatable bonds is 5. The minimum absolute atomic E-state index is 0.0462. The van der Waals surface area contributed by atoms with Crippen molar-refractivity contribution in [1.82, 2.24) is 5.43 Å². The average molecular weight is 233 g/mol. The van der Waals surface area contributed by atoms with Gasteiger partial charge in [-0.2, -0.15) is 5.10 Å². The zero-order valence-corrected chi connectivity index (χ0v) is 10.4. The molecule has 3 N–H and O–H groups in total. The van der Waals surface area contributed by atoms with E-state index in [1.165, 1.54) is 0 Å². The lowest BCUT2D eigenvalue weighted by Gasteiger charge is -2.03. The maximum Gasteiger partial charge on any atom is 0.240 e. The lowest BCUT2D eigenvalue weighted by molar-refractivity contribution is -0.121. The number of amides is 1. The molecule has 0 aliphatic heterocycles. The third-order valence-electron chi connectivity index (χ3n) is 2.41. The van der Waals surface area contributed by atoms with E-state index in [4.69, 9.17) is 5.73 Å². The molecule has 0 aromatic heterocycles. The normalized spacial score (nSPS) is 11.3. The molecule has 0 aliphatic rings. The molecule has 1 rings (SSSR count). The molecule has 0 bridgehead atoms. The van der Waals surface area contributed by atoms with Crippen LogP contribution in [0.4, 0.5) is 5.69 Å². The second kappa shape index (κ2) is 6.68. The van der Waals surface area contributed by atoms with Crippen LogP contribution in [0.3, 0.4) is 0 Å². The Bertz CT molecular complexity index is 413. The van der Waals surface area contributed by atoms with E-state index in [0.717, 1.165) is 24.1 Å². The first-order valence-corrected chi connectivity index (χ1v) is 5.82. The van der Waals surface area contributed by atoms with Gasteiger partial charge in [-0.25, -0.2) is 5.43 Å². The van der Waals surface area contributed by atoms with E-state index in [0.29, 0.717) is 12.1 Å². The number of carbonyl (C=O) groups excluding carboxylic acids is 1. The van der Waals surface area contributed by atoms with Gasteiger partial charge in [0, 0.05) is 12.1 Å². The molecule has 0 saturated carbocycles. The van der Waals surface area contributed by atoms with Crippen molar-refractivity contribution < 1.29 is 4.79 Å². The summed E-state index contributed by atoms with van der Waals surface area (Å²) < 4.78 is 0. The maximum atomic E-state index is 11.4. The fraction of sp³-hybridized carbons (Fsp3) is 0.385. The smallest absolute Gasteiger partial charge is 0.240 e. The molecule has 1 aromatic carbocycles. The predicted octanol–water partition coefficient (Wildman–Crippen LogP) is 2.30. The number of hydrogen-bond acceptors (Lipinski definition) is 3. The molecule has 4 heteroatoms. The number of benzene rings is 1. The van der Waals surface area contributed by atoms with Crippen LogP contribution < -0.4 is 11.2 Å². The number of unbranched alkanes of at least 4 members (excludes halogenated alkanes) is 1. The molecule has 17 heavy (non-hydrogen) atoms. The largest absolute Gasteiger partial charge is 0.399 e. The van der Waals surface area contributed by atoms with Crippen LogP contribution in [-0.4, -0.2) is 11.6 Å². The Kier molecular flexibility index (Phi) is 5.20. The van der Waals surface area contributed by atoms with Crippen molar-refractivity contribution in [3.05, 3.63) is 29.8 Å². The number of nitrogens with one attached hydrogen (secondary N) is 1. The second-order valence-corrected chi connectivity index (χ2v) is 3.96. The summed E-state index contributed by atoms with van der Waals surface area (Å²) in [5.41, 5.74) is 10.6. The summed E-state index contributed by atoms with van der Waals surface area (Å²) in [7, 11) is 0. The quantitative estimate of drug-likeness (QED) is 0.465. The number of anilines is 1. The Labute approximate surface area is 102 Å². The minimum Gasteiger partial charge on any atom is -0.399 e. The van der Waals surface area contributed by atoms with Gasteiger partial charge in [-0.15, -0.1) is 0 Å². The molecular weight excluding hydrogens is 214 g/mol. The van der Waals surface area contributed by atoms with Crippen LogP contribution >= 0.6 is 0 Å². The van der Waals surface area contributed by atoms with Gasteiger partial charge in [0.25, 0.3) is 0 Å². The number of hydrogen-bond donors (Lipinski definition) is 2. The van der Waals surface area contributed by atoms with E-state index in [-0.39, 0.29) is 5.91 Å². The monoisotopic (exact) mass is 233 g/mol. The fourth-order valence-electron chi connectivity index (χ4n) is 1.37. The molecule has 0 aliphatic carbocycles. The number of nitrogens with two attached hydrogens (primary N) is 1. The molecule has 1 amide bonds. The van der Waals surface area contributed by atoms with Gasteiger partial charge in [0.05, 0.1) is 5.71 Å². The van der Waals surface area contributed by atoms with E-state index < -0.39 is 0 Å². The van der Waals surface area contributed by atoms with Gasteiger partial charge in [0.1, 0.15) is 0 Å². The first-order chi connectivity index (χ1) is 8.13. The lowest BCUT2D eigenvalue weighted by atomic mass is 10.1. The highest BCUT2D eigenvalue weighted by atomic mass is 16.2. The molecular formula is C13H19N3O. The highest BCUT2D eigenvalue weighted by Gasteiger charge is 2.00. The molecule has 0 unspecified atom stereocenters. The van der Waals surface area contributed by atoms with Gasteiger partial charge in [0.2, 0.25) is 5.91 Å². The van der Waals surface area contributed by atoms with Gasteiger partial charge in [-0.3, -0.25) is 4.79 Å². The first kappa shape index (κ1) is 13.2. The molecule has 0 saturated heterocycles. The molecule has 1 aromatic rings. The van der Waals surface area contributed by atoms with Crippen LogP contribution in [-0.2, 0) is 4.79 Å². The Morgan fingerprint density at radius 3 is 2.88 bits per heavy atom. The zero-order valence-electron chi connectivity index (χ0n) is 10.4. The number of nitrogen functional groups attached to an aromatic ring is 1. The van der Waals surface area contributed by atoms with E-state index in [1.54, 1.807) is 0 Å². The van der Waals surface area contributed by atoms with Crippen LogP contribution in [0, 0.1) is 0 Å². The van der Waals surface area contributed by atoms with Crippen molar-refractivity contribution in [3.8, 4) is 0 Å². The van der Waals surface area contributed by atoms with Gasteiger partial charge in [-0.05, 0) is 31.0 Å². The minimum atomic E-state index is -0.0462. The highest BCUT2D eigenvalue weighted by Crippen LogP contribution is 2.07. The predicted molar refractivity (Wildman–Crippen MR) is 70.7 cm³/mol. The lowest BCUT2D eigenvalue weighted by Crippen LogP contribution is -2.18. The van der Waals surface area contributed by atoms with Crippen molar-refractivity contribution >= 4 is 17.3 Å². The molecule has 92 valence electrons. The highest BCUT2D eigenvalue weighted by molar-refractivity contribution is 5.99. The van der Waals surface area contributed by atoms with E-state index in [2.05, 4.69) is 17.5 Å². The van der Waals surface area contributed by atoms with E-state index in [9.17, 15) is 4.79 Å². The Hall–Kier alpha value is -1.84. The van der Waals surface area contributed by atoms with Crippen molar-refractivity contribution in [2.75, 3.05) is 5.73 Å². The maximum absolute atomic E-state index is 11.4. The van der Waals surface area contributed by atoms with Crippen LogP contribution in [0.2, 0.25) is 0 Å². The summed E-state index contributed by atoms with van der Waals surface area (Å²) in [6.45, 7) is 3.89. The topological polar surface area (TPSA) is 67.5 Å². The van der Waals surface area contributed by atoms with Gasteiger partial charge in [0.15, 0.2) is 0 Å². The van der Waals surface area contributed by atoms with Crippen LogP contribution in [0.5, 0.6) is 0 Å². The third kappa shape index (κ3) is 4.68. The molecule has 0 spiro atoms. The van der Waals surface area contributed by atoms with E-state index in [1.807, 2.05) is 31.2 Å². The number of carbonyl (C=O) groups is 1. The Morgan fingerprint density at radius 2 is 2.24 bits per heavy atom. The van der Waals surface area contributed by atoms with Crippen LogP contribution in [0.25, 0.3) is 0 Å². The fourth-order valence-corrected chi connectivity index (χ4v) is 1.37. The standard InChI is InChI=1S/C13H19N3O/c1-3-4-8-13(17)16-15-10(2)11-6-5-7-12(14)9-11/h5-7,9H,3-4,8,14H2,1-2H3,(H,16,17)/b15-10+. The van der Waals surface area contributed by atoms with Gasteiger partial charge < -0.3 is 5.73 Å². The number of hydrazone groups is 1. The van der Waals surface area contributed by atoms with Gasteiger partial charge >= 0.3 is 0 Å². The van der Waals surface area contributed by atoms with Crippen molar-refractivity contribution in [2.24, 2.45) is 5.10 Å². The third-order valence-corrected chi connectivity index (χ3v) is 2.41. The first-order valence-electron chi connectivity index (χ1n) is 5.82. The summed E-state index contributed by atoms with van der Waals surface area (Å²) in [4.78, 5) is 11.4. The SMILES string of the molecule is CCCCC(=O)N/N=C(\C)c1cccc(N)c1. The Balaban J connectivity index is 2.57. The summed E-state index contributed by atoms with van der Waals surface area (Å²) in [6.07, 6.45) is 2.41. The second-order valence-electron chi connectivity index (χ2n) is 3.96. The van der Waals surface area contributed by atoms with Crippen LogP contribution in [0.15, 0.2) is 29.4 Å². The van der Waals surface area contributed by atoms with Gasteiger partial charge in [-0.1, -0.05) is 25.5 Å². The molecule has 0 fully saturated rings. The van der Waals surface area contributed by atoms with E-state index >= 15 is 0 Å². The Morgan fingerprint density at radius 1 is 1.47 bits per heavy atom. The van der Waals surface area contributed by atoms with Crippen molar-refractivity contribution in [3.63, 3.8) is 0 Å². The summed E-state index contributed by atoms with van der Waals surface area (Å²) in [5, 5.41) is 4.05. The van der Waals surface area contributed by atoms with Crippen molar-refractivity contribution in [2.45, 2.75) is 33.1 Å². The molecule has 0 heterocycles. The summed E-state index contributed by atoms with van der Waals surface area (Å²) in [6, 6.07) is 7.42. The number of nitrogens with zero attached hydrogens (tertiary/aromatic N) is 1. The zero-order chi connectivity index (χ0) is 12.7. The molecule has 0 atom stereocenters. The van der Waals surface area contributed by atoms with Crippen LogP contribution in [0.1, 0.15) is 38.7 Å². The average Bonchev–Trinajstić information content (AvgIpc) is 2.33. The molecule has 0 radical (unpaired) electrons. The van der Waals surface area contributed by atoms with Crippen molar-refractivity contribution in [1.29, 1.82) is 0 Å². The summed E-state index contributed by atoms with van der Waals surface area (Å²) >= 11 is 0.